The van der Waals surface area contributed by atoms with Crippen LogP contribution >= 0.6 is 0 Å². The molecule has 1 aromatic heterocycles. The van der Waals surface area contributed by atoms with Gasteiger partial charge in [0, 0.05) is 51.3 Å². The fourth-order valence-electron chi connectivity index (χ4n) is 3.97. The van der Waals surface area contributed by atoms with Crippen molar-refractivity contribution in [1.82, 2.24) is 14.8 Å². The summed E-state index contributed by atoms with van der Waals surface area (Å²) in [4.78, 5) is 44.7. The molecule has 0 radical (unpaired) electrons. The topological polar surface area (TPSA) is 110 Å². The Balaban J connectivity index is 1.36. The molecular formula is C24H27FN4O6. The summed E-state index contributed by atoms with van der Waals surface area (Å²) in [5, 5.41) is 2.74. The van der Waals surface area contributed by atoms with E-state index in [1.54, 1.807) is 21.9 Å². The third-order valence-electron chi connectivity index (χ3n) is 5.93. The van der Waals surface area contributed by atoms with Crippen molar-refractivity contribution in [2.45, 2.75) is 18.9 Å². The first-order valence-electron chi connectivity index (χ1n) is 11.4. The second-order valence-electron chi connectivity index (χ2n) is 8.21. The molecule has 2 aliphatic rings. The number of amides is 3. The third-order valence-corrected chi connectivity index (χ3v) is 5.93. The highest BCUT2D eigenvalue weighted by atomic mass is 19.1. The molecule has 2 aliphatic heterocycles. The average Bonchev–Trinajstić information content (AvgIpc) is 2.90. The lowest BCUT2D eigenvalue weighted by Crippen LogP contribution is -2.44. The number of aromatic nitrogens is 1. The van der Waals surface area contributed by atoms with Gasteiger partial charge in [0.2, 0.25) is 5.88 Å². The van der Waals surface area contributed by atoms with E-state index in [2.05, 4.69) is 15.0 Å². The van der Waals surface area contributed by atoms with Crippen molar-refractivity contribution in [1.29, 1.82) is 0 Å². The molecule has 0 unspecified atom stereocenters. The summed E-state index contributed by atoms with van der Waals surface area (Å²) in [6.45, 7) is 2.59. The minimum atomic E-state index is -0.558. The number of methoxy groups -OCH3 is 1. The number of morpholine rings is 1. The van der Waals surface area contributed by atoms with Crippen LogP contribution in [0.3, 0.4) is 0 Å². The van der Waals surface area contributed by atoms with Crippen LogP contribution in [-0.2, 0) is 9.47 Å². The Kier molecular flexibility index (Phi) is 7.76. The molecule has 0 spiro atoms. The number of carbonyl (C=O) groups is 3. The molecule has 0 bridgehead atoms. The van der Waals surface area contributed by atoms with Crippen molar-refractivity contribution in [3.8, 4) is 5.88 Å². The van der Waals surface area contributed by atoms with Crippen LogP contribution in [0.5, 0.6) is 5.88 Å². The van der Waals surface area contributed by atoms with Crippen molar-refractivity contribution in [3.63, 3.8) is 0 Å². The zero-order chi connectivity index (χ0) is 24.8. The van der Waals surface area contributed by atoms with E-state index in [9.17, 15) is 18.8 Å². The van der Waals surface area contributed by atoms with Crippen LogP contribution in [0.15, 0.2) is 36.5 Å². The highest BCUT2D eigenvalue weighted by Gasteiger charge is 2.28. The third kappa shape index (κ3) is 6.04. The second kappa shape index (κ2) is 11.1. The molecule has 1 N–H and O–H groups in total. The fourth-order valence-corrected chi connectivity index (χ4v) is 3.97. The molecule has 1 aromatic carbocycles. The molecule has 2 aromatic rings. The molecule has 3 amide bonds. The number of nitrogens with one attached hydrogen (secondary N) is 1. The molecule has 11 heteroatoms. The van der Waals surface area contributed by atoms with Gasteiger partial charge in [-0.2, -0.15) is 0 Å². The van der Waals surface area contributed by atoms with E-state index in [1.165, 1.54) is 25.4 Å². The largest absolute Gasteiger partial charge is 0.474 e. The van der Waals surface area contributed by atoms with Crippen LogP contribution in [0.1, 0.15) is 33.6 Å². The second-order valence-corrected chi connectivity index (χ2v) is 8.21. The van der Waals surface area contributed by atoms with Crippen molar-refractivity contribution < 1.29 is 33.0 Å². The highest BCUT2D eigenvalue weighted by Crippen LogP contribution is 2.24. The number of benzene rings is 1. The number of hydrogen-bond acceptors (Lipinski definition) is 7. The number of ether oxygens (including phenoxy) is 3. The minimum absolute atomic E-state index is 0.103. The number of nitrogens with zero attached hydrogens (tertiary/aromatic N) is 3. The first-order valence-corrected chi connectivity index (χ1v) is 11.4. The molecule has 4 rings (SSSR count). The van der Waals surface area contributed by atoms with E-state index < -0.39 is 11.8 Å². The number of anilines is 1. The summed E-state index contributed by atoms with van der Waals surface area (Å²) >= 11 is 0. The van der Waals surface area contributed by atoms with E-state index >= 15 is 0 Å². The van der Waals surface area contributed by atoms with Crippen LogP contribution in [0.2, 0.25) is 0 Å². The van der Waals surface area contributed by atoms with Gasteiger partial charge in [-0.15, -0.1) is 0 Å². The molecule has 3 heterocycles. The van der Waals surface area contributed by atoms with Crippen molar-refractivity contribution in [3.05, 3.63) is 53.5 Å². The van der Waals surface area contributed by atoms with E-state index in [1.807, 2.05) is 0 Å². The monoisotopic (exact) mass is 486 g/mol. The maximum atomic E-state index is 14.0. The van der Waals surface area contributed by atoms with E-state index in [4.69, 9.17) is 9.47 Å². The normalized spacial score (nSPS) is 16.5. The standard InChI is InChI=1S/C24H27FN4O6/c1-33-23(31)16-2-5-21(26-15-16)35-18-6-8-28(9-7-18)22(30)19-14-17(25)3-4-20(19)27-24(32)29-10-12-34-13-11-29/h2-5,14-15,18H,6-13H2,1H3,(H,27,32). The Labute approximate surface area is 202 Å². The number of hydrogen-bond donors (Lipinski definition) is 1. The average molecular weight is 487 g/mol. The van der Waals surface area contributed by atoms with Gasteiger partial charge in [-0.25, -0.2) is 19.0 Å². The number of urea groups is 1. The van der Waals surface area contributed by atoms with Gasteiger partial charge in [0.05, 0.1) is 37.1 Å². The molecule has 186 valence electrons. The SMILES string of the molecule is COC(=O)c1ccc(OC2CCN(C(=O)c3cc(F)ccc3NC(=O)N3CCOCC3)CC2)nc1. The van der Waals surface area contributed by atoms with E-state index in [-0.39, 0.29) is 29.3 Å². The van der Waals surface area contributed by atoms with Gasteiger partial charge in [0.15, 0.2) is 0 Å². The predicted octanol–water partition coefficient (Wildman–Crippen LogP) is 2.56. The van der Waals surface area contributed by atoms with E-state index in [0.29, 0.717) is 63.7 Å². The van der Waals surface area contributed by atoms with Crippen LogP contribution in [0.25, 0.3) is 0 Å². The summed E-state index contributed by atoms with van der Waals surface area (Å²) in [6.07, 6.45) is 2.33. The molecular weight excluding hydrogens is 459 g/mol. The highest BCUT2D eigenvalue weighted by molar-refractivity contribution is 6.03. The first kappa shape index (κ1) is 24.4. The maximum Gasteiger partial charge on any atom is 0.339 e. The van der Waals surface area contributed by atoms with Crippen molar-refractivity contribution in [2.75, 3.05) is 51.8 Å². The molecule has 10 nitrogen and oxygen atoms in total. The number of piperidine rings is 1. The summed E-state index contributed by atoms with van der Waals surface area (Å²) in [5.41, 5.74) is 0.694. The number of pyridine rings is 1. The summed E-state index contributed by atoms with van der Waals surface area (Å²) in [5.74, 6) is -1.02. The van der Waals surface area contributed by atoms with Crippen LogP contribution in [0, 0.1) is 5.82 Å². The van der Waals surface area contributed by atoms with Gasteiger partial charge in [-0.3, -0.25) is 4.79 Å². The quantitative estimate of drug-likeness (QED) is 0.647. The van der Waals surface area contributed by atoms with Gasteiger partial charge in [0.1, 0.15) is 11.9 Å². The summed E-state index contributed by atoms with van der Waals surface area (Å²) < 4.78 is 29.8. The van der Waals surface area contributed by atoms with Gasteiger partial charge < -0.3 is 29.3 Å². The molecule has 0 aliphatic carbocycles. The Morgan fingerprint density at radius 1 is 1.06 bits per heavy atom. The van der Waals surface area contributed by atoms with Crippen LogP contribution < -0.4 is 10.1 Å². The number of likely N-dealkylation sites (tertiary alicyclic amines) is 1. The fraction of sp³-hybridized carbons (Fsp3) is 0.417. The van der Waals surface area contributed by atoms with Gasteiger partial charge in [0.25, 0.3) is 5.91 Å². The molecule has 2 saturated heterocycles. The zero-order valence-corrected chi connectivity index (χ0v) is 19.4. The van der Waals surface area contributed by atoms with Gasteiger partial charge in [-0.1, -0.05) is 0 Å². The lowest BCUT2D eigenvalue weighted by atomic mass is 10.1. The van der Waals surface area contributed by atoms with Gasteiger partial charge in [-0.05, 0) is 24.3 Å². The van der Waals surface area contributed by atoms with E-state index in [0.717, 1.165) is 6.07 Å². The van der Waals surface area contributed by atoms with Crippen molar-refractivity contribution in [2.24, 2.45) is 0 Å². The Bertz CT molecular complexity index is 1070. The lowest BCUT2D eigenvalue weighted by Gasteiger charge is -2.32. The molecule has 0 atom stereocenters. The molecule has 35 heavy (non-hydrogen) atoms. The Morgan fingerprint density at radius 3 is 2.46 bits per heavy atom. The Morgan fingerprint density at radius 2 is 1.80 bits per heavy atom. The van der Waals surface area contributed by atoms with Crippen LogP contribution in [-0.4, -0.2) is 85.3 Å². The number of esters is 1. The lowest BCUT2D eigenvalue weighted by molar-refractivity contribution is 0.0563. The number of rotatable bonds is 5. The Hall–Kier alpha value is -3.73. The molecule has 0 saturated carbocycles. The molecule has 2 fully saturated rings. The first-order chi connectivity index (χ1) is 16.9. The van der Waals surface area contributed by atoms with Crippen LogP contribution in [0.4, 0.5) is 14.9 Å². The summed E-state index contributed by atoms with van der Waals surface area (Å²) in [7, 11) is 1.30. The predicted molar refractivity (Wildman–Crippen MR) is 123 cm³/mol. The number of halogens is 1. The summed E-state index contributed by atoms with van der Waals surface area (Å²) in [6, 6.07) is 6.58. The smallest absolute Gasteiger partial charge is 0.339 e. The zero-order valence-electron chi connectivity index (χ0n) is 19.4. The number of carbonyl (C=O) groups excluding carboxylic acids is 3. The minimum Gasteiger partial charge on any atom is -0.474 e. The van der Waals surface area contributed by atoms with Crippen molar-refractivity contribution >= 4 is 23.6 Å². The maximum absolute atomic E-state index is 14.0. The van der Waals surface area contributed by atoms with Gasteiger partial charge >= 0.3 is 12.0 Å².